The molecule has 342 valence electrons. The highest BCUT2D eigenvalue weighted by Gasteiger charge is 2.19. The molecular formula is C55H86O6. The van der Waals surface area contributed by atoms with Crippen LogP contribution in [0.5, 0.6) is 0 Å². The van der Waals surface area contributed by atoms with E-state index < -0.39 is 6.10 Å². The van der Waals surface area contributed by atoms with Crippen molar-refractivity contribution in [2.45, 2.75) is 194 Å². The molecule has 0 aromatic carbocycles. The Morgan fingerprint density at radius 3 is 1.16 bits per heavy atom. The van der Waals surface area contributed by atoms with Gasteiger partial charge in [0.25, 0.3) is 0 Å². The van der Waals surface area contributed by atoms with E-state index in [-0.39, 0.29) is 50.4 Å². The molecule has 0 aliphatic rings. The van der Waals surface area contributed by atoms with Crippen molar-refractivity contribution in [2.75, 3.05) is 13.2 Å². The van der Waals surface area contributed by atoms with E-state index in [1.807, 2.05) is 12.2 Å². The topological polar surface area (TPSA) is 78.9 Å². The summed E-state index contributed by atoms with van der Waals surface area (Å²) in [6.07, 6.45) is 66.3. The summed E-state index contributed by atoms with van der Waals surface area (Å²) in [6.45, 7) is 6.24. The summed E-state index contributed by atoms with van der Waals surface area (Å²) in [6, 6.07) is 0. The fraction of sp³-hybridized carbons (Fsp3) is 0.582. The van der Waals surface area contributed by atoms with E-state index in [4.69, 9.17) is 14.2 Å². The van der Waals surface area contributed by atoms with Gasteiger partial charge in [-0.05, 0) is 109 Å². The first-order valence-corrected chi connectivity index (χ1v) is 24.0. The molecule has 61 heavy (non-hydrogen) atoms. The molecule has 0 aromatic heterocycles. The first-order chi connectivity index (χ1) is 30.0. The third-order valence-corrected chi connectivity index (χ3v) is 9.44. The quantitative estimate of drug-likeness (QED) is 0.0264. The Morgan fingerprint density at radius 1 is 0.344 bits per heavy atom. The van der Waals surface area contributed by atoms with E-state index in [9.17, 15) is 14.4 Å². The maximum Gasteiger partial charge on any atom is 0.306 e. The van der Waals surface area contributed by atoms with Gasteiger partial charge < -0.3 is 14.2 Å². The normalized spacial score (nSPS) is 13.2. The van der Waals surface area contributed by atoms with Crippen LogP contribution in [-0.2, 0) is 28.6 Å². The number of rotatable bonds is 41. The molecular weight excluding hydrogens is 757 g/mol. The Bertz CT molecular complexity index is 1340. The van der Waals surface area contributed by atoms with Gasteiger partial charge >= 0.3 is 17.9 Å². The lowest BCUT2D eigenvalue weighted by molar-refractivity contribution is -0.166. The number of carbonyl (C=O) groups is 3. The third-order valence-electron chi connectivity index (χ3n) is 9.44. The Hall–Kier alpha value is -4.19. The minimum absolute atomic E-state index is 0.137. The molecule has 0 radical (unpaired) electrons. The summed E-state index contributed by atoms with van der Waals surface area (Å²) >= 11 is 0. The highest BCUT2D eigenvalue weighted by Crippen LogP contribution is 2.11. The Labute approximate surface area is 373 Å². The van der Waals surface area contributed by atoms with Gasteiger partial charge in [-0.15, -0.1) is 0 Å². The predicted octanol–water partition coefficient (Wildman–Crippen LogP) is 15.7. The van der Waals surface area contributed by atoms with Gasteiger partial charge in [-0.1, -0.05) is 181 Å². The monoisotopic (exact) mass is 843 g/mol. The summed E-state index contributed by atoms with van der Waals surface area (Å²) in [5.74, 6) is -1.10. The van der Waals surface area contributed by atoms with Crippen molar-refractivity contribution in [2.24, 2.45) is 0 Å². The molecule has 0 fully saturated rings. The van der Waals surface area contributed by atoms with Crippen molar-refractivity contribution in [1.29, 1.82) is 0 Å². The van der Waals surface area contributed by atoms with E-state index in [2.05, 4.69) is 130 Å². The number of esters is 3. The molecule has 0 spiro atoms. The number of allylic oxidation sites excluding steroid dienone is 20. The van der Waals surface area contributed by atoms with Gasteiger partial charge in [0.2, 0.25) is 0 Å². The molecule has 1 unspecified atom stereocenters. The SMILES string of the molecule is CC/C=C\C/C=C\C/C=C\C/C=C\C/C=C\C/C=C\CCC(=O)OCC(COC(=O)CCC/C=C\C/C=C\C/C=C\CC)OC(=O)CCCCC/C=C\CCCCCCCC. The molecule has 6 heteroatoms. The van der Waals surface area contributed by atoms with Crippen LogP contribution in [0.3, 0.4) is 0 Å². The van der Waals surface area contributed by atoms with E-state index in [1.54, 1.807) is 0 Å². The summed E-state index contributed by atoms with van der Waals surface area (Å²) < 4.78 is 16.6. The number of ether oxygens (including phenoxy) is 3. The predicted molar refractivity (Wildman–Crippen MR) is 260 cm³/mol. The van der Waals surface area contributed by atoms with Crippen molar-refractivity contribution >= 4 is 17.9 Å². The largest absolute Gasteiger partial charge is 0.462 e. The van der Waals surface area contributed by atoms with E-state index in [1.165, 1.54) is 38.5 Å². The minimum atomic E-state index is -0.838. The molecule has 6 nitrogen and oxygen atoms in total. The highest BCUT2D eigenvalue weighted by atomic mass is 16.6. The zero-order chi connectivity index (χ0) is 44.4. The summed E-state index contributed by atoms with van der Waals surface area (Å²) in [7, 11) is 0. The molecule has 0 amide bonds. The molecule has 0 heterocycles. The van der Waals surface area contributed by atoms with Gasteiger partial charge in [0.1, 0.15) is 13.2 Å². The van der Waals surface area contributed by atoms with Crippen LogP contribution < -0.4 is 0 Å². The summed E-state index contributed by atoms with van der Waals surface area (Å²) in [5, 5.41) is 0. The molecule has 0 rings (SSSR count). The van der Waals surface area contributed by atoms with Crippen LogP contribution in [0.15, 0.2) is 122 Å². The van der Waals surface area contributed by atoms with Crippen LogP contribution in [0.2, 0.25) is 0 Å². The lowest BCUT2D eigenvalue weighted by atomic mass is 10.1. The third kappa shape index (κ3) is 46.7. The van der Waals surface area contributed by atoms with Crippen LogP contribution in [0.4, 0.5) is 0 Å². The van der Waals surface area contributed by atoms with Gasteiger partial charge in [0.15, 0.2) is 6.10 Å². The second kappa shape index (κ2) is 48.5. The van der Waals surface area contributed by atoms with Crippen molar-refractivity contribution in [3.05, 3.63) is 122 Å². The van der Waals surface area contributed by atoms with Crippen molar-refractivity contribution in [3.8, 4) is 0 Å². The van der Waals surface area contributed by atoms with Crippen molar-refractivity contribution < 1.29 is 28.6 Å². The fourth-order valence-corrected chi connectivity index (χ4v) is 5.90. The lowest BCUT2D eigenvalue weighted by Crippen LogP contribution is -2.30. The minimum Gasteiger partial charge on any atom is -0.462 e. The summed E-state index contributed by atoms with van der Waals surface area (Å²) in [5.41, 5.74) is 0. The van der Waals surface area contributed by atoms with Crippen LogP contribution in [0, 0.1) is 0 Å². The zero-order valence-corrected chi connectivity index (χ0v) is 38.9. The van der Waals surface area contributed by atoms with Gasteiger partial charge in [-0.2, -0.15) is 0 Å². The first kappa shape index (κ1) is 56.8. The van der Waals surface area contributed by atoms with Gasteiger partial charge in [-0.25, -0.2) is 0 Å². The van der Waals surface area contributed by atoms with Crippen molar-refractivity contribution in [1.82, 2.24) is 0 Å². The molecule has 0 saturated carbocycles. The zero-order valence-electron chi connectivity index (χ0n) is 38.9. The van der Waals surface area contributed by atoms with Crippen LogP contribution >= 0.6 is 0 Å². The number of hydrogen-bond acceptors (Lipinski definition) is 6. The van der Waals surface area contributed by atoms with E-state index in [0.29, 0.717) is 12.8 Å². The van der Waals surface area contributed by atoms with Gasteiger partial charge in [-0.3, -0.25) is 14.4 Å². The van der Waals surface area contributed by atoms with E-state index >= 15 is 0 Å². The van der Waals surface area contributed by atoms with E-state index in [0.717, 1.165) is 96.3 Å². The molecule has 0 N–H and O–H groups in total. The Kier molecular flexibility index (Phi) is 45.1. The van der Waals surface area contributed by atoms with Crippen LogP contribution in [-0.4, -0.2) is 37.2 Å². The van der Waals surface area contributed by atoms with Crippen LogP contribution in [0.1, 0.15) is 188 Å². The molecule has 0 aromatic rings. The second-order valence-corrected chi connectivity index (χ2v) is 15.2. The molecule has 1 atom stereocenters. The fourth-order valence-electron chi connectivity index (χ4n) is 5.90. The standard InChI is InChI=1S/C55H86O6/c1-4-7-10-13-16-19-22-24-25-26-27-28-29-31-33-36-39-42-45-48-54(57)60-51-52(50-59-53(56)47-44-41-38-35-32-21-18-15-12-9-6-3)61-55(58)49-46-43-40-37-34-30-23-20-17-14-11-8-5-2/h7,9-10,12,16,18-19,21,24-25,27-28,30-31,33-35,38-39,42,52H,4-6,8,11,13-15,17,20,22-23,26,29,32,36-37,40-41,43-51H2,1-3H3/b10-7-,12-9-,19-16-,21-18-,25-24-,28-27-,33-31-,34-30-,38-35-,42-39-. The van der Waals surface area contributed by atoms with Gasteiger partial charge in [0.05, 0.1) is 0 Å². The lowest BCUT2D eigenvalue weighted by Gasteiger charge is -2.18. The number of hydrogen-bond donors (Lipinski definition) is 0. The Balaban J connectivity index is 4.58. The smallest absolute Gasteiger partial charge is 0.306 e. The van der Waals surface area contributed by atoms with Crippen molar-refractivity contribution in [3.63, 3.8) is 0 Å². The number of carbonyl (C=O) groups excluding carboxylic acids is 3. The summed E-state index contributed by atoms with van der Waals surface area (Å²) in [4.78, 5) is 37.8. The highest BCUT2D eigenvalue weighted by molar-refractivity contribution is 5.71. The van der Waals surface area contributed by atoms with Gasteiger partial charge in [0, 0.05) is 19.3 Å². The first-order valence-electron chi connectivity index (χ1n) is 24.0. The molecule has 0 aliphatic heterocycles. The second-order valence-electron chi connectivity index (χ2n) is 15.2. The van der Waals surface area contributed by atoms with Crippen LogP contribution in [0.25, 0.3) is 0 Å². The maximum absolute atomic E-state index is 12.7. The maximum atomic E-state index is 12.7. The molecule has 0 saturated heterocycles. The molecule has 0 aliphatic carbocycles. The molecule has 0 bridgehead atoms. The average Bonchev–Trinajstić information content (AvgIpc) is 3.26. The Morgan fingerprint density at radius 2 is 0.689 bits per heavy atom. The number of unbranched alkanes of at least 4 members (excludes halogenated alkanes) is 10. The average molecular weight is 843 g/mol.